The Bertz CT molecular complexity index is 603. The number of rotatable bonds is 6. The molecule has 0 unspecified atom stereocenters. The van der Waals surface area contributed by atoms with Crippen molar-refractivity contribution in [2.75, 3.05) is 6.54 Å². The predicted octanol–water partition coefficient (Wildman–Crippen LogP) is 2.87. The first-order chi connectivity index (χ1) is 9.57. The molecule has 1 rings (SSSR count). The quantitative estimate of drug-likeness (QED) is 0.735. The summed E-state index contributed by atoms with van der Waals surface area (Å²) >= 11 is 3.14. The SMILES string of the molecule is Cc1cc(CO)cc(S(=O)(=O)NCCCC(F)(F)F)c1Br. The number of halogens is 4. The number of aliphatic hydroxyl groups excluding tert-OH is 1. The van der Waals surface area contributed by atoms with Crippen molar-refractivity contribution in [1.82, 2.24) is 4.72 Å². The number of nitrogens with one attached hydrogen (secondary N) is 1. The molecule has 2 N–H and O–H groups in total. The lowest BCUT2D eigenvalue weighted by molar-refractivity contribution is -0.135. The molecule has 0 heterocycles. The summed E-state index contributed by atoms with van der Waals surface area (Å²) in [6, 6.07) is 2.90. The maximum absolute atomic E-state index is 12.1. The van der Waals surface area contributed by atoms with Crippen LogP contribution in [0.3, 0.4) is 0 Å². The van der Waals surface area contributed by atoms with Crippen molar-refractivity contribution in [3.8, 4) is 0 Å². The monoisotopic (exact) mass is 389 g/mol. The Morgan fingerprint density at radius 1 is 1.33 bits per heavy atom. The van der Waals surface area contributed by atoms with E-state index in [2.05, 4.69) is 20.7 Å². The van der Waals surface area contributed by atoms with Crippen molar-refractivity contribution < 1.29 is 26.7 Å². The fourth-order valence-corrected chi connectivity index (χ4v) is 3.81. The highest BCUT2D eigenvalue weighted by atomic mass is 79.9. The second-order valence-corrected chi connectivity index (χ2v) is 7.03. The van der Waals surface area contributed by atoms with E-state index < -0.39 is 22.6 Å². The molecule has 0 aliphatic carbocycles. The number of alkyl halides is 3. The van der Waals surface area contributed by atoms with Crippen LogP contribution in [-0.4, -0.2) is 26.2 Å². The lowest BCUT2D eigenvalue weighted by Crippen LogP contribution is -2.26. The van der Waals surface area contributed by atoms with E-state index in [0.29, 0.717) is 15.6 Å². The number of hydrogen-bond donors (Lipinski definition) is 2. The molecule has 0 bridgehead atoms. The van der Waals surface area contributed by atoms with Crippen LogP contribution in [0.25, 0.3) is 0 Å². The third-order valence-electron chi connectivity index (χ3n) is 2.68. The molecule has 0 aliphatic heterocycles. The summed E-state index contributed by atoms with van der Waals surface area (Å²) in [5.74, 6) is 0. The Hall–Kier alpha value is -0.640. The largest absolute Gasteiger partial charge is 0.392 e. The molecule has 0 saturated heterocycles. The summed E-state index contributed by atoms with van der Waals surface area (Å²) in [5.41, 5.74) is 1.02. The highest BCUT2D eigenvalue weighted by Gasteiger charge is 2.26. The van der Waals surface area contributed by atoms with E-state index in [-0.39, 0.29) is 24.5 Å². The van der Waals surface area contributed by atoms with Gasteiger partial charge in [-0.1, -0.05) is 6.07 Å². The lowest BCUT2D eigenvalue weighted by atomic mass is 10.1. The van der Waals surface area contributed by atoms with E-state index in [0.717, 1.165) is 0 Å². The zero-order chi connectivity index (χ0) is 16.3. The maximum atomic E-state index is 12.1. The average molecular weight is 390 g/mol. The average Bonchev–Trinajstić information content (AvgIpc) is 2.36. The fraction of sp³-hybridized carbons (Fsp3) is 0.500. The van der Waals surface area contributed by atoms with Crippen LogP contribution in [0, 0.1) is 6.92 Å². The van der Waals surface area contributed by atoms with Gasteiger partial charge >= 0.3 is 6.18 Å². The highest BCUT2D eigenvalue weighted by Crippen LogP contribution is 2.27. The Balaban J connectivity index is 2.86. The molecule has 1 aromatic carbocycles. The Morgan fingerprint density at radius 2 is 1.95 bits per heavy atom. The van der Waals surface area contributed by atoms with Gasteiger partial charge in [0, 0.05) is 17.4 Å². The van der Waals surface area contributed by atoms with Crippen LogP contribution in [0.2, 0.25) is 0 Å². The van der Waals surface area contributed by atoms with Crippen LogP contribution >= 0.6 is 15.9 Å². The van der Waals surface area contributed by atoms with Crippen molar-refractivity contribution >= 4 is 26.0 Å². The van der Waals surface area contributed by atoms with Crippen molar-refractivity contribution in [2.24, 2.45) is 0 Å². The lowest BCUT2D eigenvalue weighted by Gasteiger charge is -2.12. The highest BCUT2D eigenvalue weighted by molar-refractivity contribution is 9.10. The fourth-order valence-electron chi connectivity index (χ4n) is 1.67. The number of sulfonamides is 1. The minimum atomic E-state index is -4.31. The van der Waals surface area contributed by atoms with Gasteiger partial charge in [-0.05, 0) is 46.5 Å². The standard InChI is InChI=1S/C12H15BrF3NO3S/c1-8-5-9(7-18)6-10(11(8)13)21(19,20)17-4-2-3-12(14,15)16/h5-6,17-18H,2-4,7H2,1H3. The van der Waals surface area contributed by atoms with E-state index in [9.17, 15) is 21.6 Å². The van der Waals surface area contributed by atoms with Crippen molar-refractivity contribution in [3.05, 3.63) is 27.7 Å². The van der Waals surface area contributed by atoms with Gasteiger partial charge in [-0.15, -0.1) is 0 Å². The van der Waals surface area contributed by atoms with Gasteiger partial charge in [-0.2, -0.15) is 13.2 Å². The molecule has 0 atom stereocenters. The summed E-state index contributed by atoms with van der Waals surface area (Å²) in [4.78, 5) is -0.0986. The number of hydrogen-bond acceptors (Lipinski definition) is 3. The Labute approximate surface area is 129 Å². The van der Waals surface area contributed by atoms with Gasteiger partial charge < -0.3 is 5.11 Å². The molecule has 0 saturated carbocycles. The summed E-state index contributed by atoms with van der Waals surface area (Å²) in [6.07, 6.45) is -5.69. The van der Waals surface area contributed by atoms with E-state index >= 15 is 0 Å². The number of benzene rings is 1. The summed E-state index contributed by atoms with van der Waals surface area (Å²) in [6.45, 7) is 1.02. The summed E-state index contributed by atoms with van der Waals surface area (Å²) < 4.78 is 62.6. The van der Waals surface area contributed by atoms with Crippen LogP contribution in [0.1, 0.15) is 24.0 Å². The van der Waals surface area contributed by atoms with Crippen LogP contribution in [0.4, 0.5) is 13.2 Å². The number of aliphatic hydroxyl groups is 1. The first-order valence-corrected chi connectivity index (χ1v) is 8.31. The molecule has 0 fully saturated rings. The third kappa shape index (κ3) is 5.57. The van der Waals surface area contributed by atoms with E-state index in [1.54, 1.807) is 13.0 Å². The molecule has 1 aromatic rings. The van der Waals surface area contributed by atoms with Crippen LogP contribution < -0.4 is 4.72 Å². The van der Waals surface area contributed by atoms with Crippen molar-refractivity contribution in [2.45, 2.75) is 37.4 Å². The molecule has 4 nitrogen and oxygen atoms in total. The van der Waals surface area contributed by atoms with Gasteiger partial charge in [0.2, 0.25) is 10.0 Å². The van der Waals surface area contributed by atoms with Crippen molar-refractivity contribution in [3.63, 3.8) is 0 Å². The van der Waals surface area contributed by atoms with Crippen LogP contribution in [0.15, 0.2) is 21.5 Å². The second-order valence-electron chi connectivity index (χ2n) is 4.50. The van der Waals surface area contributed by atoms with Gasteiger partial charge in [0.1, 0.15) is 0 Å². The maximum Gasteiger partial charge on any atom is 0.389 e. The molecular weight excluding hydrogens is 375 g/mol. The van der Waals surface area contributed by atoms with Gasteiger partial charge in [0.05, 0.1) is 11.5 Å². The molecule has 0 amide bonds. The van der Waals surface area contributed by atoms with Gasteiger partial charge in [-0.3, -0.25) is 0 Å². The smallest absolute Gasteiger partial charge is 0.389 e. The summed E-state index contributed by atoms with van der Waals surface area (Å²) in [7, 11) is -3.94. The van der Waals surface area contributed by atoms with Crippen molar-refractivity contribution in [1.29, 1.82) is 0 Å². The molecule has 0 spiro atoms. The predicted molar refractivity (Wildman–Crippen MR) is 75.3 cm³/mol. The Kier molecular flexibility index (Phi) is 6.21. The zero-order valence-corrected chi connectivity index (χ0v) is 13.6. The molecule has 0 radical (unpaired) electrons. The first kappa shape index (κ1) is 18.4. The number of aryl methyl sites for hydroxylation is 1. The van der Waals surface area contributed by atoms with E-state index in [1.807, 2.05) is 0 Å². The molecule has 120 valence electrons. The van der Waals surface area contributed by atoms with E-state index in [4.69, 9.17) is 5.11 Å². The molecular formula is C12H15BrF3NO3S. The normalized spacial score (nSPS) is 12.7. The topological polar surface area (TPSA) is 66.4 Å². The molecule has 0 aromatic heterocycles. The minimum absolute atomic E-state index is 0.0986. The van der Waals surface area contributed by atoms with E-state index in [1.165, 1.54) is 6.07 Å². The minimum Gasteiger partial charge on any atom is -0.392 e. The van der Waals surface area contributed by atoms with Crippen LogP contribution in [-0.2, 0) is 16.6 Å². The van der Waals surface area contributed by atoms with Gasteiger partial charge in [0.15, 0.2) is 0 Å². The third-order valence-corrected chi connectivity index (χ3v) is 5.48. The Morgan fingerprint density at radius 3 is 2.48 bits per heavy atom. The van der Waals surface area contributed by atoms with Crippen LogP contribution in [0.5, 0.6) is 0 Å². The zero-order valence-electron chi connectivity index (χ0n) is 11.2. The molecule has 21 heavy (non-hydrogen) atoms. The first-order valence-electron chi connectivity index (χ1n) is 6.03. The molecule has 0 aliphatic rings. The summed E-state index contributed by atoms with van der Waals surface area (Å²) in [5, 5.41) is 9.09. The second kappa shape index (κ2) is 7.08. The van der Waals surface area contributed by atoms with Gasteiger partial charge in [0.25, 0.3) is 0 Å². The molecule has 9 heteroatoms. The van der Waals surface area contributed by atoms with Gasteiger partial charge in [-0.25, -0.2) is 13.1 Å².